The fraction of sp³-hybridized carbons (Fsp3) is 0.333. The third-order valence-corrected chi connectivity index (χ3v) is 3.03. The molecule has 2 rings (SSSR count). The van der Waals surface area contributed by atoms with Crippen LogP contribution in [0.1, 0.15) is 18.4 Å². The molecule has 1 aromatic carbocycles. The number of pyridine rings is 1. The molecule has 0 aliphatic heterocycles. The van der Waals surface area contributed by atoms with Crippen molar-refractivity contribution in [1.82, 2.24) is 9.88 Å². The predicted molar refractivity (Wildman–Crippen MR) is 74.9 cm³/mol. The van der Waals surface area contributed by atoms with Crippen molar-refractivity contribution in [3.8, 4) is 0 Å². The number of rotatable bonds is 6. The number of carboxylic acids is 1. The van der Waals surface area contributed by atoms with Crippen LogP contribution in [0, 0.1) is 0 Å². The molecule has 4 nitrogen and oxygen atoms in total. The van der Waals surface area contributed by atoms with Gasteiger partial charge >= 0.3 is 5.97 Å². The van der Waals surface area contributed by atoms with Gasteiger partial charge < -0.3 is 10.0 Å². The summed E-state index contributed by atoms with van der Waals surface area (Å²) in [4.78, 5) is 17.0. The number of fused-ring (bicyclic) bond motifs is 1. The highest BCUT2D eigenvalue weighted by Crippen LogP contribution is 2.13. The van der Waals surface area contributed by atoms with E-state index in [4.69, 9.17) is 5.11 Å². The molecule has 0 radical (unpaired) electrons. The molecule has 4 heteroatoms. The van der Waals surface area contributed by atoms with Crippen LogP contribution in [-0.2, 0) is 11.3 Å². The Morgan fingerprint density at radius 2 is 2.16 bits per heavy atom. The molecule has 0 fully saturated rings. The number of benzene rings is 1. The molecule has 19 heavy (non-hydrogen) atoms. The lowest BCUT2D eigenvalue weighted by Crippen LogP contribution is -2.19. The van der Waals surface area contributed by atoms with Gasteiger partial charge in [0.25, 0.3) is 0 Å². The molecular weight excluding hydrogens is 240 g/mol. The largest absolute Gasteiger partial charge is 0.481 e. The number of carbonyl (C=O) groups is 1. The van der Waals surface area contributed by atoms with E-state index in [-0.39, 0.29) is 6.42 Å². The first kappa shape index (κ1) is 13.5. The topological polar surface area (TPSA) is 53.4 Å². The molecule has 0 unspecified atom stereocenters. The van der Waals surface area contributed by atoms with Crippen molar-refractivity contribution in [2.24, 2.45) is 0 Å². The van der Waals surface area contributed by atoms with Crippen LogP contribution in [0.3, 0.4) is 0 Å². The summed E-state index contributed by atoms with van der Waals surface area (Å²) in [6, 6.07) is 10.2. The van der Waals surface area contributed by atoms with Gasteiger partial charge in [-0.3, -0.25) is 9.78 Å². The molecular formula is C15H18N2O2. The lowest BCUT2D eigenvalue weighted by Gasteiger charge is -2.16. The van der Waals surface area contributed by atoms with Crippen LogP contribution in [0.15, 0.2) is 36.5 Å². The van der Waals surface area contributed by atoms with E-state index in [1.807, 2.05) is 31.4 Å². The molecule has 1 N–H and O–H groups in total. The monoisotopic (exact) mass is 258 g/mol. The van der Waals surface area contributed by atoms with Gasteiger partial charge in [-0.2, -0.15) is 0 Å². The van der Waals surface area contributed by atoms with E-state index < -0.39 is 5.97 Å². The summed E-state index contributed by atoms with van der Waals surface area (Å²) >= 11 is 0. The molecule has 0 aliphatic rings. The van der Waals surface area contributed by atoms with Gasteiger partial charge in [-0.1, -0.05) is 18.2 Å². The minimum absolute atomic E-state index is 0.223. The van der Waals surface area contributed by atoms with Crippen molar-refractivity contribution in [2.75, 3.05) is 13.6 Å². The summed E-state index contributed by atoms with van der Waals surface area (Å²) in [6.45, 7) is 1.57. The third kappa shape index (κ3) is 4.03. The van der Waals surface area contributed by atoms with E-state index in [1.165, 1.54) is 0 Å². The van der Waals surface area contributed by atoms with Crippen LogP contribution in [0.5, 0.6) is 0 Å². The predicted octanol–water partition coefficient (Wildman–Crippen LogP) is 2.53. The molecule has 2 aromatic rings. The van der Waals surface area contributed by atoms with Crippen molar-refractivity contribution in [3.05, 3.63) is 42.1 Å². The summed E-state index contributed by atoms with van der Waals surface area (Å²) in [6.07, 6.45) is 2.78. The Morgan fingerprint density at radius 1 is 1.37 bits per heavy atom. The van der Waals surface area contributed by atoms with Crippen molar-refractivity contribution >= 4 is 16.9 Å². The van der Waals surface area contributed by atoms with Gasteiger partial charge in [0.05, 0.1) is 5.52 Å². The van der Waals surface area contributed by atoms with Crippen LogP contribution in [0.2, 0.25) is 0 Å². The molecule has 0 bridgehead atoms. The Balaban J connectivity index is 1.95. The molecule has 100 valence electrons. The summed E-state index contributed by atoms with van der Waals surface area (Å²) in [7, 11) is 2.00. The second-order valence-corrected chi connectivity index (χ2v) is 4.77. The maximum absolute atomic E-state index is 10.5. The van der Waals surface area contributed by atoms with Crippen LogP contribution in [0.4, 0.5) is 0 Å². The Kier molecular flexibility index (Phi) is 4.47. The Morgan fingerprint density at radius 3 is 2.95 bits per heavy atom. The van der Waals surface area contributed by atoms with E-state index in [2.05, 4.69) is 22.0 Å². The van der Waals surface area contributed by atoms with Gasteiger partial charge in [-0.25, -0.2) is 0 Å². The second-order valence-electron chi connectivity index (χ2n) is 4.77. The maximum atomic E-state index is 10.5. The summed E-state index contributed by atoms with van der Waals surface area (Å²) in [5, 5.41) is 9.74. The highest BCUT2D eigenvalue weighted by atomic mass is 16.4. The summed E-state index contributed by atoms with van der Waals surface area (Å²) < 4.78 is 0. The van der Waals surface area contributed by atoms with Gasteiger partial charge in [-0.05, 0) is 37.7 Å². The highest BCUT2D eigenvalue weighted by Gasteiger charge is 2.04. The Hall–Kier alpha value is -1.94. The molecule has 0 spiro atoms. The maximum Gasteiger partial charge on any atom is 0.303 e. The first-order chi connectivity index (χ1) is 9.15. The minimum atomic E-state index is -0.735. The molecule has 1 heterocycles. The van der Waals surface area contributed by atoms with E-state index in [9.17, 15) is 4.79 Å². The molecule has 0 saturated carbocycles. The highest BCUT2D eigenvalue weighted by molar-refractivity contribution is 5.78. The van der Waals surface area contributed by atoms with E-state index in [0.29, 0.717) is 6.42 Å². The average molecular weight is 258 g/mol. The van der Waals surface area contributed by atoms with Crippen molar-refractivity contribution in [2.45, 2.75) is 19.4 Å². The van der Waals surface area contributed by atoms with Crippen molar-refractivity contribution < 1.29 is 9.90 Å². The zero-order valence-electron chi connectivity index (χ0n) is 11.0. The van der Waals surface area contributed by atoms with Crippen molar-refractivity contribution in [1.29, 1.82) is 0 Å². The SMILES string of the molecule is CN(CCCC(=O)O)Cc1cnc2ccccc2c1. The van der Waals surface area contributed by atoms with E-state index >= 15 is 0 Å². The van der Waals surface area contributed by atoms with Gasteiger partial charge in [0, 0.05) is 24.5 Å². The van der Waals surface area contributed by atoms with E-state index in [0.717, 1.165) is 29.6 Å². The summed E-state index contributed by atoms with van der Waals surface area (Å²) in [5.74, 6) is -0.735. The fourth-order valence-electron chi connectivity index (χ4n) is 2.09. The standard InChI is InChI=1S/C15H18N2O2/c1-17(8-4-7-15(18)19)11-12-9-13-5-2-3-6-14(13)16-10-12/h2-3,5-6,9-10H,4,7-8,11H2,1H3,(H,18,19). The zero-order chi connectivity index (χ0) is 13.7. The number of hydrogen-bond acceptors (Lipinski definition) is 3. The number of nitrogens with zero attached hydrogens (tertiary/aromatic N) is 2. The summed E-state index contributed by atoms with van der Waals surface area (Å²) in [5.41, 5.74) is 2.15. The second kappa shape index (κ2) is 6.29. The average Bonchev–Trinajstić information content (AvgIpc) is 2.38. The Bertz CT molecular complexity index is 569. The molecule has 0 atom stereocenters. The lowest BCUT2D eigenvalue weighted by atomic mass is 10.1. The van der Waals surface area contributed by atoms with Gasteiger partial charge in [0.2, 0.25) is 0 Å². The minimum Gasteiger partial charge on any atom is -0.481 e. The molecule has 0 saturated heterocycles. The van der Waals surface area contributed by atoms with Crippen molar-refractivity contribution in [3.63, 3.8) is 0 Å². The lowest BCUT2D eigenvalue weighted by molar-refractivity contribution is -0.137. The Labute approximate surface area is 112 Å². The van der Waals surface area contributed by atoms with Gasteiger partial charge in [0.15, 0.2) is 0 Å². The van der Waals surface area contributed by atoms with Crippen LogP contribution >= 0.6 is 0 Å². The number of aliphatic carboxylic acids is 1. The van der Waals surface area contributed by atoms with E-state index in [1.54, 1.807) is 0 Å². The zero-order valence-corrected chi connectivity index (χ0v) is 11.0. The first-order valence-corrected chi connectivity index (χ1v) is 6.39. The molecule has 0 aliphatic carbocycles. The number of hydrogen-bond donors (Lipinski definition) is 1. The normalized spacial score (nSPS) is 11.1. The number of aromatic nitrogens is 1. The smallest absolute Gasteiger partial charge is 0.303 e. The van der Waals surface area contributed by atoms with Gasteiger partial charge in [-0.15, -0.1) is 0 Å². The van der Waals surface area contributed by atoms with Crippen LogP contribution < -0.4 is 0 Å². The van der Waals surface area contributed by atoms with Crippen LogP contribution in [-0.4, -0.2) is 34.6 Å². The third-order valence-electron chi connectivity index (χ3n) is 3.03. The number of para-hydroxylation sites is 1. The quantitative estimate of drug-likeness (QED) is 0.865. The number of carboxylic acid groups (broad SMARTS) is 1. The fourth-order valence-corrected chi connectivity index (χ4v) is 2.09. The molecule has 1 aromatic heterocycles. The first-order valence-electron chi connectivity index (χ1n) is 6.39. The van der Waals surface area contributed by atoms with Crippen LogP contribution in [0.25, 0.3) is 10.9 Å². The molecule has 0 amide bonds. The van der Waals surface area contributed by atoms with Gasteiger partial charge in [0.1, 0.15) is 0 Å².